The smallest absolute Gasteiger partial charge is 0.481 e. The van der Waals surface area contributed by atoms with Crippen LogP contribution in [0.15, 0.2) is 79.0 Å². The number of benzene rings is 2. The Hall–Kier alpha value is -4.94. The van der Waals surface area contributed by atoms with Crippen LogP contribution in [-0.2, 0) is 19.2 Å². The predicted molar refractivity (Wildman–Crippen MR) is 174 cm³/mol. The highest BCUT2D eigenvalue weighted by molar-refractivity contribution is 5.88. The minimum atomic E-state index is -5.08. The van der Waals surface area contributed by atoms with Gasteiger partial charge < -0.3 is 26.2 Å². The second-order valence-electron chi connectivity index (χ2n) is 11.6. The second kappa shape index (κ2) is 19.0. The van der Waals surface area contributed by atoms with Crippen molar-refractivity contribution in [1.82, 2.24) is 15.6 Å². The third-order valence-corrected chi connectivity index (χ3v) is 7.86. The van der Waals surface area contributed by atoms with E-state index < -0.39 is 30.2 Å². The SMILES string of the molecule is O=C(O)C(F)(F)F.O=C(O)CC(NC(=O)[C@H](CC1CCCCC1)NC(=O)CCCNc1ccccn1)c1ccc(-c2ccccc2)cc1. The molecule has 0 radical (unpaired) electrons. The molecule has 10 nitrogen and oxygen atoms in total. The van der Waals surface area contributed by atoms with Gasteiger partial charge in [0.1, 0.15) is 11.9 Å². The van der Waals surface area contributed by atoms with E-state index in [4.69, 9.17) is 9.90 Å². The largest absolute Gasteiger partial charge is 0.490 e. The number of carbonyl (C=O) groups is 4. The molecule has 0 bridgehead atoms. The van der Waals surface area contributed by atoms with Gasteiger partial charge in [0.05, 0.1) is 12.5 Å². The van der Waals surface area contributed by atoms with E-state index in [-0.39, 0.29) is 24.7 Å². The molecular weight excluding hydrogens is 629 g/mol. The van der Waals surface area contributed by atoms with Crippen molar-refractivity contribution in [2.45, 2.75) is 76.0 Å². The lowest BCUT2D eigenvalue weighted by molar-refractivity contribution is -0.192. The van der Waals surface area contributed by atoms with Crippen molar-refractivity contribution in [1.29, 1.82) is 0 Å². The van der Waals surface area contributed by atoms with Gasteiger partial charge >= 0.3 is 18.1 Å². The molecule has 258 valence electrons. The zero-order valence-electron chi connectivity index (χ0n) is 26.4. The molecule has 1 heterocycles. The van der Waals surface area contributed by atoms with Crippen molar-refractivity contribution in [2.75, 3.05) is 11.9 Å². The molecule has 48 heavy (non-hydrogen) atoms. The topological polar surface area (TPSA) is 158 Å². The molecular formula is C35H41F3N4O6. The van der Waals surface area contributed by atoms with Gasteiger partial charge in [0.25, 0.3) is 0 Å². The molecule has 1 saturated carbocycles. The van der Waals surface area contributed by atoms with E-state index in [0.717, 1.165) is 42.6 Å². The summed E-state index contributed by atoms with van der Waals surface area (Å²) in [6, 6.07) is 21.7. The van der Waals surface area contributed by atoms with Crippen molar-refractivity contribution < 1.29 is 42.6 Å². The van der Waals surface area contributed by atoms with E-state index in [0.29, 0.717) is 30.9 Å². The summed E-state index contributed by atoms with van der Waals surface area (Å²) in [6.45, 7) is 0.587. The zero-order valence-corrected chi connectivity index (χ0v) is 26.4. The molecule has 5 N–H and O–H groups in total. The van der Waals surface area contributed by atoms with Gasteiger partial charge in [-0.05, 0) is 47.6 Å². The quantitative estimate of drug-likeness (QED) is 0.124. The van der Waals surface area contributed by atoms with Crippen LogP contribution >= 0.6 is 0 Å². The molecule has 0 spiro atoms. The number of hydrogen-bond donors (Lipinski definition) is 5. The number of carbonyl (C=O) groups excluding carboxylic acids is 2. The lowest BCUT2D eigenvalue weighted by Gasteiger charge is -2.28. The minimum absolute atomic E-state index is 0.189. The average Bonchev–Trinajstić information content (AvgIpc) is 3.07. The molecule has 3 aromatic rings. The van der Waals surface area contributed by atoms with Crippen LogP contribution in [0.4, 0.5) is 19.0 Å². The van der Waals surface area contributed by atoms with E-state index in [9.17, 15) is 32.7 Å². The molecule has 0 aliphatic heterocycles. The molecule has 2 atom stereocenters. The van der Waals surface area contributed by atoms with Gasteiger partial charge in [0.15, 0.2) is 0 Å². The molecule has 1 aromatic heterocycles. The van der Waals surface area contributed by atoms with Crippen molar-refractivity contribution in [3.63, 3.8) is 0 Å². The van der Waals surface area contributed by atoms with Gasteiger partial charge in [-0.25, -0.2) is 9.78 Å². The summed E-state index contributed by atoms with van der Waals surface area (Å²) >= 11 is 0. The highest BCUT2D eigenvalue weighted by Crippen LogP contribution is 2.28. The molecule has 1 fully saturated rings. The number of anilines is 1. The van der Waals surface area contributed by atoms with E-state index in [2.05, 4.69) is 20.9 Å². The van der Waals surface area contributed by atoms with Crippen LogP contribution in [0.3, 0.4) is 0 Å². The Morgan fingerprint density at radius 1 is 0.833 bits per heavy atom. The number of rotatable bonds is 14. The summed E-state index contributed by atoms with van der Waals surface area (Å²) in [7, 11) is 0. The highest BCUT2D eigenvalue weighted by atomic mass is 19.4. The molecule has 1 aliphatic rings. The summed E-state index contributed by atoms with van der Waals surface area (Å²) in [5.74, 6) is -3.18. The van der Waals surface area contributed by atoms with Crippen LogP contribution in [0.1, 0.15) is 69.4 Å². The third-order valence-electron chi connectivity index (χ3n) is 7.86. The van der Waals surface area contributed by atoms with Gasteiger partial charge in [-0.2, -0.15) is 13.2 Å². The first-order valence-corrected chi connectivity index (χ1v) is 15.8. The van der Waals surface area contributed by atoms with E-state index in [1.165, 1.54) is 6.42 Å². The fourth-order valence-corrected chi connectivity index (χ4v) is 5.42. The summed E-state index contributed by atoms with van der Waals surface area (Å²) in [4.78, 5) is 51.3. The maximum Gasteiger partial charge on any atom is 0.490 e. The second-order valence-corrected chi connectivity index (χ2v) is 11.6. The van der Waals surface area contributed by atoms with Crippen molar-refractivity contribution >= 4 is 29.6 Å². The standard InChI is InChI=1S/C33H40N4O4.C2HF3O2/c38-31(15-9-21-35-30-14-7-8-20-34-30)36-29(22-24-10-3-1-4-11-24)33(41)37-28(23-32(39)40)27-18-16-26(17-19-27)25-12-5-2-6-13-25;3-2(4,5)1(6)7/h2,5-8,12-14,16-20,24,28-29H,1,3-4,9-11,15,21-23H2,(H,34,35)(H,36,38)(H,37,41)(H,39,40);(H,6,7)/t28?,29-;/m0./s1. The number of aromatic nitrogens is 1. The zero-order chi connectivity index (χ0) is 34.9. The van der Waals surface area contributed by atoms with Crippen LogP contribution in [-0.4, -0.2) is 57.7 Å². The van der Waals surface area contributed by atoms with Crippen molar-refractivity contribution in [3.05, 3.63) is 84.6 Å². The molecule has 1 unspecified atom stereocenters. The van der Waals surface area contributed by atoms with Crippen LogP contribution in [0.25, 0.3) is 11.1 Å². The number of carboxylic acid groups (broad SMARTS) is 2. The lowest BCUT2D eigenvalue weighted by atomic mass is 9.84. The fourth-order valence-electron chi connectivity index (χ4n) is 5.42. The number of amides is 2. The number of hydrogen-bond acceptors (Lipinski definition) is 6. The lowest BCUT2D eigenvalue weighted by Crippen LogP contribution is -2.49. The van der Waals surface area contributed by atoms with Crippen molar-refractivity contribution in [2.24, 2.45) is 5.92 Å². The normalized spacial score (nSPS) is 14.4. The van der Waals surface area contributed by atoms with E-state index in [1.54, 1.807) is 6.20 Å². The molecule has 1 aliphatic carbocycles. The Bertz CT molecular complexity index is 1450. The Kier molecular flexibility index (Phi) is 14.9. The van der Waals surface area contributed by atoms with Gasteiger partial charge in [0, 0.05) is 19.2 Å². The fraction of sp³-hybridized carbons (Fsp3) is 0.400. The van der Waals surface area contributed by atoms with Crippen LogP contribution < -0.4 is 16.0 Å². The Morgan fingerprint density at radius 2 is 1.46 bits per heavy atom. The predicted octanol–water partition coefficient (Wildman–Crippen LogP) is 6.36. The highest BCUT2D eigenvalue weighted by Gasteiger charge is 2.38. The van der Waals surface area contributed by atoms with Gasteiger partial charge in [-0.1, -0.05) is 92.8 Å². The number of pyridine rings is 1. The maximum atomic E-state index is 13.6. The number of alkyl halides is 3. The number of aliphatic carboxylic acids is 2. The van der Waals surface area contributed by atoms with Crippen molar-refractivity contribution in [3.8, 4) is 11.1 Å². The average molecular weight is 671 g/mol. The Balaban J connectivity index is 0.000000804. The summed E-state index contributed by atoms with van der Waals surface area (Å²) in [5, 5.41) is 25.8. The minimum Gasteiger partial charge on any atom is -0.481 e. The monoisotopic (exact) mass is 670 g/mol. The van der Waals surface area contributed by atoms with Crippen LogP contribution in [0.5, 0.6) is 0 Å². The molecule has 4 rings (SSSR count). The number of nitrogens with zero attached hydrogens (tertiary/aromatic N) is 1. The summed E-state index contributed by atoms with van der Waals surface area (Å²) < 4.78 is 31.7. The first kappa shape index (κ1) is 37.5. The number of carboxylic acids is 2. The molecule has 13 heteroatoms. The van der Waals surface area contributed by atoms with Crippen LogP contribution in [0.2, 0.25) is 0 Å². The Morgan fingerprint density at radius 3 is 2.04 bits per heavy atom. The molecule has 0 saturated heterocycles. The van der Waals surface area contributed by atoms with Gasteiger partial charge in [0.2, 0.25) is 11.8 Å². The molecule has 2 amide bonds. The number of halogens is 3. The van der Waals surface area contributed by atoms with Gasteiger partial charge in [-0.15, -0.1) is 0 Å². The van der Waals surface area contributed by atoms with Crippen LogP contribution in [0, 0.1) is 5.92 Å². The third kappa shape index (κ3) is 13.4. The maximum absolute atomic E-state index is 13.6. The first-order valence-electron chi connectivity index (χ1n) is 15.8. The van der Waals surface area contributed by atoms with E-state index >= 15 is 0 Å². The Labute approximate surface area is 277 Å². The summed E-state index contributed by atoms with van der Waals surface area (Å²) in [6.07, 6.45) is 3.31. The summed E-state index contributed by atoms with van der Waals surface area (Å²) in [5.41, 5.74) is 2.78. The van der Waals surface area contributed by atoms with E-state index in [1.807, 2.05) is 72.8 Å². The molecule has 2 aromatic carbocycles. The first-order chi connectivity index (χ1) is 22.9. The van der Waals surface area contributed by atoms with Gasteiger partial charge in [-0.3, -0.25) is 14.4 Å². The number of nitrogens with one attached hydrogen (secondary N) is 3.